The fraction of sp³-hybridized carbons (Fsp3) is 0.625. The summed E-state index contributed by atoms with van der Waals surface area (Å²) in [5, 5.41) is 3.62. The molecule has 0 amide bonds. The van der Waals surface area contributed by atoms with E-state index in [1.807, 2.05) is 12.1 Å². The molecule has 0 spiro atoms. The van der Waals surface area contributed by atoms with Crippen LogP contribution in [-0.4, -0.2) is 43.4 Å². The molecular formula is C16H25N3O2. The highest BCUT2D eigenvalue weighted by atomic mass is 16.7. The molecule has 0 unspecified atom stereocenters. The lowest BCUT2D eigenvalue weighted by Gasteiger charge is -2.36. The van der Waals surface area contributed by atoms with Gasteiger partial charge in [-0.2, -0.15) is 0 Å². The molecule has 1 saturated heterocycles. The number of hydrogen-bond donors (Lipinski definition) is 2. The average Bonchev–Trinajstić information content (AvgIpc) is 2.96. The first-order valence-corrected chi connectivity index (χ1v) is 7.86. The first-order chi connectivity index (χ1) is 10.3. The zero-order valence-corrected chi connectivity index (χ0v) is 12.7. The number of rotatable bonds is 5. The number of benzene rings is 1. The van der Waals surface area contributed by atoms with Gasteiger partial charge in [0.25, 0.3) is 0 Å². The third-order valence-electron chi connectivity index (χ3n) is 4.48. The minimum atomic E-state index is 0.330. The molecule has 0 saturated carbocycles. The van der Waals surface area contributed by atoms with Gasteiger partial charge in [0.1, 0.15) is 0 Å². The third kappa shape index (κ3) is 3.41. The molecule has 0 aliphatic carbocycles. The summed E-state index contributed by atoms with van der Waals surface area (Å²) in [4.78, 5) is 2.55. The molecule has 3 N–H and O–H groups in total. The Balaban J connectivity index is 1.51. The first-order valence-electron chi connectivity index (χ1n) is 7.86. The van der Waals surface area contributed by atoms with Crippen LogP contribution in [0.2, 0.25) is 0 Å². The van der Waals surface area contributed by atoms with Crippen LogP contribution in [0.15, 0.2) is 18.2 Å². The molecule has 0 aromatic heterocycles. The molecule has 0 radical (unpaired) electrons. The molecule has 21 heavy (non-hydrogen) atoms. The maximum absolute atomic E-state index is 5.65. The van der Waals surface area contributed by atoms with Crippen LogP contribution in [0.1, 0.15) is 26.2 Å². The predicted molar refractivity (Wildman–Crippen MR) is 83.9 cm³/mol. The van der Waals surface area contributed by atoms with E-state index in [9.17, 15) is 0 Å². The number of piperidine rings is 1. The van der Waals surface area contributed by atoms with Crippen LogP contribution < -0.4 is 20.5 Å². The summed E-state index contributed by atoms with van der Waals surface area (Å²) in [6.45, 7) is 5.66. The lowest BCUT2D eigenvalue weighted by molar-refractivity contribution is 0.161. The van der Waals surface area contributed by atoms with E-state index in [0.29, 0.717) is 18.9 Å². The van der Waals surface area contributed by atoms with Gasteiger partial charge in [0.05, 0.1) is 0 Å². The van der Waals surface area contributed by atoms with Crippen molar-refractivity contribution < 1.29 is 9.47 Å². The molecule has 3 rings (SSSR count). The van der Waals surface area contributed by atoms with Crippen molar-refractivity contribution in [3.63, 3.8) is 0 Å². The Labute approximate surface area is 126 Å². The van der Waals surface area contributed by atoms with E-state index >= 15 is 0 Å². The number of ether oxygens (including phenoxy) is 2. The summed E-state index contributed by atoms with van der Waals surface area (Å²) >= 11 is 0. The van der Waals surface area contributed by atoms with Crippen LogP contribution in [0.25, 0.3) is 0 Å². The molecule has 1 aromatic rings. The molecule has 2 heterocycles. The van der Waals surface area contributed by atoms with Crippen molar-refractivity contribution in [2.45, 2.75) is 38.3 Å². The minimum Gasteiger partial charge on any atom is -0.454 e. The molecule has 1 atom stereocenters. The molecule has 5 heteroatoms. The molecule has 2 aliphatic rings. The minimum absolute atomic E-state index is 0.330. The van der Waals surface area contributed by atoms with Crippen LogP contribution in [0.3, 0.4) is 0 Å². The average molecular weight is 291 g/mol. The zero-order chi connectivity index (χ0) is 14.7. The lowest BCUT2D eigenvalue weighted by atomic mass is 10.0. The summed E-state index contributed by atoms with van der Waals surface area (Å²) in [6.07, 6.45) is 3.42. The van der Waals surface area contributed by atoms with Crippen molar-refractivity contribution in [2.75, 3.05) is 31.7 Å². The van der Waals surface area contributed by atoms with E-state index in [2.05, 4.69) is 23.2 Å². The van der Waals surface area contributed by atoms with E-state index < -0.39 is 0 Å². The molecule has 1 aromatic carbocycles. The number of hydrogen-bond acceptors (Lipinski definition) is 5. The Morgan fingerprint density at radius 2 is 2.05 bits per heavy atom. The summed E-state index contributed by atoms with van der Waals surface area (Å²) in [5.74, 6) is 1.68. The smallest absolute Gasteiger partial charge is 0.231 e. The van der Waals surface area contributed by atoms with Crippen LogP contribution in [0.5, 0.6) is 11.5 Å². The fourth-order valence-corrected chi connectivity index (χ4v) is 3.13. The van der Waals surface area contributed by atoms with Gasteiger partial charge in [-0.1, -0.05) is 0 Å². The normalized spacial score (nSPS) is 20.5. The van der Waals surface area contributed by atoms with Crippen LogP contribution in [0.4, 0.5) is 5.69 Å². The van der Waals surface area contributed by atoms with Crippen molar-refractivity contribution in [3.05, 3.63) is 18.2 Å². The van der Waals surface area contributed by atoms with E-state index in [1.165, 1.54) is 12.8 Å². The first kappa shape index (κ1) is 14.5. The van der Waals surface area contributed by atoms with Gasteiger partial charge in [-0.15, -0.1) is 0 Å². The number of nitrogens with one attached hydrogen (secondary N) is 1. The fourth-order valence-electron chi connectivity index (χ4n) is 3.13. The second-order valence-electron chi connectivity index (χ2n) is 5.95. The largest absolute Gasteiger partial charge is 0.454 e. The van der Waals surface area contributed by atoms with Crippen molar-refractivity contribution in [1.29, 1.82) is 0 Å². The summed E-state index contributed by atoms with van der Waals surface area (Å²) in [7, 11) is 0. The van der Waals surface area contributed by atoms with E-state index in [-0.39, 0.29) is 0 Å². The van der Waals surface area contributed by atoms with Gasteiger partial charge in [-0.3, -0.25) is 0 Å². The number of nitrogens with two attached hydrogens (primary N) is 1. The molecule has 116 valence electrons. The number of likely N-dealkylation sites (tertiary alicyclic amines) is 1. The number of nitrogens with zero attached hydrogens (tertiary/aromatic N) is 1. The van der Waals surface area contributed by atoms with Gasteiger partial charge < -0.3 is 25.4 Å². The zero-order valence-electron chi connectivity index (χ0n) is 12.7. The van der Waals surface area contributed by atoms with Crippen LogP contribution >= 0.6 is 0 Å². The van der Waals surface area contributed by atoms with Gasteiger partial charge >= 0.3 is 0 Å². The molecule has 5 nitrogen and oxygen atoms in total. The number of fused-ring (bicyclic) bond motifs is 1. The summed E-state index contributed by atoms with van der Waals surface area (Å²) in [5.41, 5.74) is 6.77. The quantitative estimate of drug-likeness (QED) is 0.869. The van der Waals surface area contributed by atoms with Gasteiger partial charge in [-0.05, 0) is 44.9 Å². The Kier molecular flexibility index (Phi) is 4.51. The number of anilines is 1. The molecule has 0 bridgehead atoms. The Morgan fingerprint density at radius 3 is 2.81 bits per heavy atom. The highest BCUT2D eigenvalue weighted by molar-refractivity contribution is 5.56. The highest BCUT2D eigenvalue weighted by Gasteiger charge is 2.22. The summed E-state index contributed by atoms with van der Waals surface area (Å²) in [6, 6.07) is 7.21. The third-order valence-corrected chi connectivity index (χ3v) is 4.48. The standard InChI is InChI=1S/C16H25N3O2/c1-12(4-7-17)19-8-5-13(6-9-19)18-14-2-3-15-16(10-14)21-11-20-15/h2-3,10,12-13,18H,4-9,11,17H2,1H3/t12-/m1/s1. The topological polar surface area (TPSA) is 59.8 Å². The van der Waals surface area contributed by atoms with E-state index in [4.69, 9.17) is 15.2 Å². The lowest BCUT2D eigenvalue weighted by Crippen LogP contribution is -2.44. The Bertz CT molecular complexity index is 473. The van der Waals surface area contributed by atoms with E-state index in [0.717, 1.165) is 43.2 Å². The maximum Gasteiger partial charge on any atom is 0.231 e. The second-order valence-corrected chi connectivity index (χ2v) is 5.95. The van der Waals surface area contributed by atoms with Gasteiger partial charge in [0.2, 0.25) is 6.79 Å². The molecule has 1 fully saturated rings. The van der Waals surface area contributed by atoms with Crippen molar-refractivity contribution in [1.82, 2.24) is 4.90 Å². The molecular weight excluding hydrogens is 266 g/mol. The van der Waals surface area contributed by atoms with Gasteiger partial charge in [0.15, 0.2) is 11.5 Å². The highest BCUT2D eigenvalue weighted by Crippen LogP contribution is 2.34. The van der Waals surface area contributed by atoms with Crippen LogP contribution in [0, 0.1) is 0 Å². The monoisotopic (exact) mass is 291 g/mol. The molecule has 2 aliphatic heterocycles. The Morgan fingerprint density at radius 1 is 1.29 bits per heavy atom. The Hall–Kier alpha value is -1.46. The SMILES string of the molecule is C[C@H](CCN)N1CCC(Nc2ccc3c(c2)OCO3)CC1. The van der Waals surface area contributed by atoms with Crippen molar-refractivity contribution in [2.24, 2.45) is 5.73 Å². The predicted octanol–water partition coefficient (Wildman–Crippen LogP) is 2.03. The van der Waals surface area contributed by atoms with E-state index in [1.54, 1.807) is 0 Å². The van der Waals surface area contributed by atoms with Gasteiger partial charge in [0, 0.05) is 36.9 Å². The van der Waals surface area contributed by atoms with Crippen LogP contribution in [-0.2, 0) is 0 Å². The summed E-state index contributed by atoms with van der Waals surface area (Å²) < 4.78 is 10.8. The van der Waals surface area contributed by atoms with Gasteiger partial charge in [-0.25, -0.2) is 0 Å². The second kappa shape index (κ2) is 6.54. The van der Waals surface area contributed by atoms with Crippen molar-refractivity contribution >= 4 is 5.69 Å². The maximum atomic E-state index is 5.65. The van der Waals surface area contributed by atoms with Crippen molar-refractivity contribution in [3.8, 4) is 11.5 Å².